The molecule has 108 valence electrons. The molecular formula is C13H19F2NO3. The van der Waals surface area contributed by atoms with Gasteiger partial charge in [0.25, 0.3) is 0 Å². The molecule has 6 heteroatoms. The Kier molecular flexibility index (Phi) is 7.32. The van der Waals surface area contributed by atoms with E-state index in [1.54, 1.807) is 0 Å². The zero-order valence-electron chi connectivity index (χ0n) is 10.9. The third-order valence-electron chi connectivity index (χ3n) is 2.36. The van der Waals surface area contributed by atoms with Crippen molar-refractivity contribution in [1.82, 2.24) is 0 Å². The fourth-order valence-electron chi connectivity index (χ4n) is 1.43. The first-order valence-electron chi connectivity index (χ1n) is 6.16. The Morgan fingerprint density at radius 3 is 2.47 bits per heavy atom. The second-order valence-corrected chi connectivity index (χ2v) is 3.90. The molecule has 0 fully saturated rings. The highest BCUT2D eigenvalue weighted by atomic mass is 19.1. The lowest BCUT2D eigenvalue weighted by Crippen LogP contribution is -2.26. The van der Waals surface area contributed by atoms with Gasteiger partial charge in [0.15, 0.2) is 0 Å². The second kappa shape index (κ2) is 8.79. The topological polar surface area (TPSA) is 50.7 Å². The van der Waals surface area contributed by atoms with E-state index in [0.29, 0.717) is 19.8 Å². The lowest BCUT2D eigenvalue weighted by molar-refractivity contribution is 0.0103. The Hall–Kier alpha value is -1.24. The van der Waals surface area contributed by atoms with Crippen molar-refractivity contribution in [2.24, 2.45) is 0 Å². The Labute approximate surface area is 111 Å². The number of aliphatic hydroxyl groups is 1. The summed E-state index contributed by atoms with van der Waals surface area (Å²) in [7, 11) is 0. The molecule has 0 spiro atoms. The van der Waals surface area contributed by atoms with Crippen LogP contribution in [0.4, 0.5) is 14.5 Å². The van der Waals surface area contributed by atoms with E-state index in [1.807, 2.05) is 6.92 Å². The van der Waals surface area contributed by atoms with Gasteiger partial charge in [0.05, 0.1) is 25.9 Å². The first kappa shape index (κ1) is 15.8. The summed E-state index contributed by atoms with van der Waals surface area (Å²) in [6.45, 7) is 3.40. The largest absolute Gasteiger partial charge is 0.389 e. The molecule has 0 aromatic heterocycles. The van der Waals surface area contributed by atoms with Crippen molar-refractivity contribution < 1.29 is 23.4 Å². The van der Waals surface area contributed by atoms with E-state index in [4.69, 9.17) is 9.47 Å². The predicted molar refractivity (Wildman–Crippen MR) is 68.2 cm³/mol. The maximum Gasteiger partial charge on any atom is 0.149 e. The number of hydrogen-bond acceptors (Lipinski definition) is 4. The van der Waals surface area contributed by atoms with Gasteiger partial charge in [-0.1, -0.05) is 6.07 Å². The first-order chi connectivity index (χ1) is 9.15. The molecule has 4 nitrogen and oxygen atoms in total. The standard InChI is InChI=1S/C13H19F2NO3/c1-2-18-6-7-19-9-10(17)8-16-13-11(14)4-3-5-12(13)15/h3-5,10,16-17H,2,6-9H2,1H3. The van der Waals surface area contributed by atoms with Gasteiger partial charge in [-0.2, -0.15) is 0 Å². The summed E-state index contributed by atoms with van der Waals surface area (Å²) in [4.78, 5) is 0. The number of hydrogen-bond donors (Lipinski definition) is 2. The van der Waals surface area contributed by atoms with Crippen LogP contribution in [0, 0.1) is 11.6 Å². The third-order valence-corrected chi connectivity index (χ3v) is 2.36. The monoisotopic (exact) mass is 275 g/mol. The molecule has 1 atom stereocenters. The highest BCUT2D eigenvalue weighted by molar-refractivity contribution is 5.46. The smallest absolute Gasteiger partial charge is 0.149 e. The van der Waals surface area contributed by atoms with Gasteiger partial charge < -0.3 is 19.9 Å². The molecule has 0 saturated heterocycles. The number of aliphatic hydroxyl groups excluding tert-OH is 1. The van der Waals surface area contributed by atoms with E-state index in [9.17, 15) is 13.9 Å². The Balaban J connectivity index is 2.24. The molecule has 0 aliphatic heterocycles. The minimum atomic E-state index is -0.847. The summed E-state index contributed by atoms with van der Waals surface area (Å²) in [5.41, 5.74) is -0.240. The SMILES string of the molecule is CCOCCOCC(O)CNc1c(F)cccc1F. The van der Waals surface area contributed by atoms with Gasteiger partial charge in [-0.25, -0.2) is 8.78 Å². The number of anilines is 1. The number of halogens is 2. The molecule has 19 heavy (non-hydrogen) atoms. The fraction of sp³-hybridized carbons (Fsp3) is 0.538. The second-order valence-electron chi connectivity index (χ2n) is 3.90. The highest BCUT2D eigenvalue weighted by Crippen LogP contribution is 2.17. The van der Waals surface area contributed by atoms with Crippen molar-refractivity contribution in [2.75, 3.05) is 38.3 Å². The van der Waals surface area contributed by atoms with Crippen molar-refractivity contribution in [3.8, 4) is 0 Å². The molecule has 0 aliphatic rings. The number of nitrogens with one attached hydrogen (secondary N) is 1. The molecule has 1 aromatic carbocycles. The van der Waals surface area contributed by atoms with Gasteiger partial charge in [-0.3, -0.25) is 0 Å². The zero-order chi connectivity index (χ0) is 14.1. The number of ether oxygens (including phenoxy) is 2. The first-order valence-corrected chi connectivity index (χ1v) is 6.16. The maximum absolute atomic E-state index is 13.3. The summed E-state index contributed by atoms with van der Waals surface area (Å²) in [6, 6.07) is 3.58. The van der Waals surface area contributed by atoms with Crippen LogP contribution in [0.25, 0.3) is 0 Å². The molecule has 1 rings (SSSR count). The van der Waals surface area contributed by atoms with Gasteiger partial charge in [-0.15, -0.1) is 0 Å². The number of rotatable bonds is 9. The van der Waals surface area contributed by atoms with Crippen molar-refractivity contribution in [3.05, 3.63) is 29.8 Å². The van der Waals surface area contributed by atoms with Crippen molar-refractivity contribution in [3.63, 3.8) is 0 Å². The molecule has 0 saturated carbocycles. The van der Waals surface area contributed by atoms with Gasteiger partial charge in [-0.05, 0) is 19.1 Å². The normalized spacial score (nSPS) is 12.4. The van der Waals surface area contributed by atoms with Gasteiger partial charge in [0.1, 0.15) is 17.3 Å². The van der Waals surface area contributed by atoms with Crippen LogP contribution in [0.1, 0.15) is 6.92 Å². The Morgan fingerprint density at radius 2 is 1.84 bits per heavy atom. The van der Waals surface area contributed by atoms with Crippen LogP contribution in [0.3, 0.4) is 0 Å². The number of benzene rings is 1. The van der Waals surface area contributed by atoms with E-state index in [0.717, 1.165) is 12.1 Å². The molecule has 2 N–H and O–H groups in total. The minimum absolute atomic E-state index is 0.00644. The van der Waals surface area contributed by atoms with E-state index >= 15 is 0 Å². The van der Waals surface area contributed by atoms with Gasteiger partial charge >= 0.3 is 0 Å². The van der Waals surface area contributed by atoms with Gasteiger partial charge in [0.2, 0.25) is 0 Å². The third kappa shape index (κ3) is 5.96. The van der Waals surface area contributed by atoms with Crippen molar-refractivity contribution in [2.45, 2.75) is 13.0 Å². The van der Waals surface area contributed by atoms with E-state index in [-0.39, 0.29) is 18.8 Å². The molecule has 0 radical (unpaired) electrons. The van der Waals surface area contributed by atoms with E-state index in [1.165, 1.54) is 6.07 Å². The van der Waals surface area contributed by atoms with Crippen molar-refractivity contribution >= 4 is 5.69 Å². The van der Waals surface area contributed by atoms with Crippen LogP contribution in [-0.4, -0.2) is 44.2 Å². The Morgan fingerprint density at radius 1 is 1.21 bits per heavy atom. The summed E-state index contributed by atoms with van der Waals surface area (Å²) in [5, 5.41) is 12.1. The number of para-hydroxylation sites is 1. The molecule has 0 amide bonds. The van der Waals surface area contributed by atoms with Crippen molar-refractivity contribution in [1.29, 1.82) is 0 Å². The minimum Gasteiger partial charge on any atom is -0.389 e. The predicted octanol–water partition coefficient (Wildman–Crippen LogP) is 1.79. The lowest BCUT2D eigenvalue weighted by Gasteiger charge is -2.14. The highest BCUT2D eigenvalue weighted by Gasteiger charge is 2.10. The van der Waals surface area contributed by atoms with Crippen LogP contribution >= 0.6 is 0 Å². The van der Waals surface area contributed by atoms with Crippen LogP contribution < -0.4 is 5.32 Å². The average molecular weight is 275 g/mol. The molecule has 1 aromatic rings. The lowest BCUT2D eigenvalue weighted by atomic mass is 10.2. The zero-order valence-corrected chi connectivity index (χ0v) is 10.9. The molecule has 0 bridgehead atoms. The van der Waals surface area contributed by atoms with Gasteiger partial charge in [0, 0.05) is 13.2 Å². The van der Waals surface area contributed by atoms with Crippen LogP contribution in [0.15, 0.2) is 18.2 Å². The average Bonchev–Trinajstić information content (AvgIpc) is 2.38. The maximum atomic E-state index is 13.3. The quantitative estimate of drug-likeness (QED) is 0.675. The van der Waals surface area contributed by atoms with E-state index in [2.05, 4.69) is 5.32 Å². The fourth-order valence-corrected chi connectivity index (χ4v) is 1.43. The summed E-state index contributed by atoms with van der Waals surface area (Å²) >= 11 is 0. The Bertz CT molecular complexity index is 357. The van der Waals surface area contributed by atoms with Crippen LogP contribution in [-0.2, 0) is 9.47 Å². The molecule has 0 aliphatic carbocycles. The van der Waals surface area contributed by atoms with E-state index < -0.39 is 17.7 Å². The molecule has 0 heterocycles. The van der Waals surface area contributed by atoms with Crippen LogP contribution in [0.5, 0.6) is 0 Å². The van der Waals surface area contributed by atoms with Crippen LogP contribution in [0.2, 0.25) is 0 Å². The summed E-state index contributed by atoms with van der Waals surface area (Å²) in [6.07, 6.45) is -0.847. The summed E-state index contributed by atoms with van der Waals surface area (Å²) in [5.74, 6) is -1.38. The molecule has 1 unspecified atom stereocenters. The summed E-state index contributed by atoms with van der Waals surface area (Å²) < 4.78 is 36.7. The molecular weight excluding hydrogens is 256 g/mol.